The summed E-state index contributed by atoms with van der Waals surface area (Å²) in [4.78, 5) is 11.8. The average Bonchev–Trinajstić information content (AvgIpc) is 2.51. The van der Waals surface area contributed by atoms with Gasteiger partial charge < -0.3 is 25.3 Å². The zero-order valence-corrected chi connectivity index (χ0v) is 14.3. The zero-order valence-electron chi connectivity index (χ0n) is 13.5. The number of nitrogens with two attached hydrogens (primary N) is 1. The van der Waals surface area contributed by atoms with E-state index in [2.05, 4.69) is 5.32 Å². The molecule has 0 aliphatic rings. The molecular weight excluding hydrogens is 308 g/mol. The number of hydrogen-bond donors (Lipinski definition) is 2. The highest BCUT2D eigenvalue weighted by molar-refractivity contribution is 5.85. The first kappa shape index (κ1) is 20.3. The lowest BCUT2D eigenvalue weighted by Crippen LogP contribution is -2.37. The van der Waals surface area contributed by atoms with Crippen LogP contribution >= 0.6 is 12.4 Å². The Balaban J connectivity index is 0.00000441. The molecule has 3 N–H and O–H groups in total. The van der Waals surface area contributed by atoms with Gasteiger partial charge in [0.25, 0.3) is 0 Å². The Kier molecular flexibility index (Phi) is 9.37. The van der Waals surface area contributed by atoms with Crippen LogP contribution in [-0.2, 0) is 11.2 Å². The molecule has 1 amide bonds. The maximum absolute atomic E-state index is 11.8. The van der Waals surface area contributed by atoms with Crippen molar-refractivity contribution in [2.75, 3.05) is 27.9 Å². The number of carbonyl (C=O) groups is 1. The molecule has 0 spiro atoms. The van der Waals surface area contributed by atoms with Crippen molar-refractivity contribution in [3.8, 4) is 17.2 Å². The fourth-order valence-corrected chi connectivity index (χ4v) is 2.01. The van der Waals surface area contributed by atoms with Gasteiger partial charge in [-0.2, -0.15) is 0 Å². The molecule has 0 aliphatic heterocycles. The molecule has 0 aliphatic carbocycles. The highest BCUT2D eigenvalue weighted by Crippen LogP contribution is 2.40. The Morgan fingerprint density at radius 2 is 1.82 bits per heavy atom. The number of benzene rings is 1. The number of carbonyl (C=O) groups excluding carboxylic acids is 1. The van der Waals surface area contributed by atoms with Crippen LogP contribution in [0.5, 0.6) is 17.2 Å². The lowest BCUT2D eigenvalue weighted by Gasteiger charge is -2.16. The molecule has 0 aromatic heterocycles. The molecular formula is C15H25ClN2O4. The monoisotopic (exact) mass is 332 g/mol. The highest BCUT2D eigenvalue weighted by atomic mass is 35.5. The van der Waals surface area contributed by atoms with Crippen LogP contribution in [0.25, 0.3) is 0 Å². The van der Waals surface area contributed by atoms with Gasteiger partial charge in [-0.1, -0.05) is 6.07 Å². The number of ether oxygens (including phenoxy) is 3. The van der Waals surface area contributed by atoms with Crippen molar-refractivity contribution in [2.45, 2.75) is 25.8 Å². The number of nitrogens with one attached hydrogen (secondary N) is 1. The molecule has 0 saturated carbocycles. The van der Waals surface area contributed by atoms with E-state index in [0.717, 1.165) is 5.56 Å². The van der Waals surface area contributed by atoms with Gasteiger partial charge in [-0.15, -0.1) is 12.4 Å². The summed E-state index contributed by atoms with van der Waals surface area (Å²) in [5.41, 5.74) is 6.37. The third-order valence-electron chi connectivity index (χ3n) is 3.17. The molecule has 0 saturated heterocycles. The van der Waals surface area contributed by atoms with Crippen LogP contribution in [0, 0.1) is 0 Å². The van der Waals surface area contributed by atoms with Crippen LogP contribution in [0.15, 0.2) is 12.1 Å². The first-order chi connectivity index (χ1) is 10.1. The van der Waals surface area contributed by atoms with Gasteiger partial charge in [0.15, 0.2) is 11.5 Å². The van der Waals surface area contributed by atoms with Gasteiger partial charge in [0, 0.05) is 19.0 Å². The van der Waals surface area contributed by atoms with Crippen LogP contribution in [-0.4, -0.2) is 39.8 Å². The first-order valence-corrected chi connectivity index (χ1v) is 6.84. The fraction of sp³-hybridized carbons (Fsp3) is 0.533. The zero-order chi connectivity index (χ0) is 15.8. The topological polar surface area (TPSA) is 82.8 Å². The second-order valence-electron chi connectivity index (χ2n) is 4.70. The normalized spacial score (nSPS) is 11.1. The van der Waals surface area contributed by atoms with E-state index in [4.69, 9.17) is 19.9 Å². The van der Waals surface area contributed by atoms with Crippen molar-refractivity contribution < 1.29 is 19.0 Å². The molecule has 1 aromatic rings. The van der Waals surface area contributed by atoms with Crippen LogP contribution in [0.4, 0.5) is 0 Å². The Morgan fingerprint density at radius 1 is 1.18 bits per heavy atom. The fourth-order valence-electron chi connectivity index (χ4n) is 2.01. The van der Waals surface area contributed by atoms with Gasteiger partial charge in [-0.25, -0.2) is 0 Å². The van der Waals surface area contributed by atoms with Crippen LogP contribution in [0.3, 0.4) is 0 Å². The largest absolute Gasteiger partial charge is 0.493 e. The summed E-state index contributed by atoms with van der Waals surface area (Å²) in [6, 6.07) is 3.65. The second kappa shape index (κ2) is 10.1. The van der Waals surface area contributed by atoms with E-state index in [0.29, 0.717) is 36.6 Å². The minimum absolute atomic E-state index is 0. The smallest absolute Gasteiger partial charge is 0.220 e. The minimum Gasteiger partial charge on any atom is -0.493 e. The van der Waals surface area contributed by atoms with Crippen molar-refractivity contribution >= 4 is 18.3 Å². The van der Waals surface area contributed by atoms with Gasteiger partial charge in [0.1, 0.15) is 0 Å². The number of hydrogen-bond acceptors (Lipinski definition) is 5. The molecule has 1 aromatic carbocycles. The van der Waals surface area contributed by atoms with Crippen molar-refractivity contribution in [3.05, 3.63) is 17.7 Å². The van der Waals surface area contributed by atoms with E-state index in [1.54, 1.807) is 27.4 Å². The van der Waals surface area contributed by atoms with Crippen LogP contribution < -0.4 is 25.3 Å². The van der Waals surface area contributed by atoms with Crippen molar-refractivity contribution in [1.82, 2.24) is 5.32 Å². The Bertz CT molecular complexity index is 483. The molecule has 22 heavy (non-hydrogen) atoms. The van der Waals surface area contributed by atoms with Gasteiger partial charge in [0.05, 0.1) is 21.3 Å². The summed E-state index contributed by atoms with van der Waals surface area (Å²) in [5.74, 6) is 1.69. The number of methoxy groups -OCH3 is 3. The quantitative estimate of drug-likeness (QED) is 0.754. The minimum atomic E-state index is -0.0372. The first-order valence-electron chi connectivity index (χ1n) is 6.84. The summed E-state index contributed by atoms with van der Waals surface area (Å²) in [5, 5.41) is 2.83. The lowest BCUT2D eigenvalue weighted by molar-refractivity contribution is -0.121. The van der Waals surface area contributed by atoms with Gasteiger partial charge in [-0.05, 0) is 25.0 Å². The van der Waals surface area contributed by atoms with Crippen LogP contribution in [0.1, 0.15) is 18.9 Å². The van der Waals surface area contributed by atoms with E-state index in [1.807, 2.05) is 13.0 Å². The SMILES string of the molecule is COc1ccc(CCC(=O)N[C@@H](C)CN)c(OC)c1OC.Cl. The molecule has 0 bridgehead atoms. The Morgan fingerprint density at radius 3 is 2.32 bits per heavy atom. The molecule has 7 heteroatoms. The average molecular weight is 333 g/mol. The van der Waals surface area contributed by atoms with E-state index >= 15 is 0 Å². The standard InChI is InChI=1S/C15H24N2O4.ClH/c1-10(9-16)17-13(18)8-6-11-5-7-12(19-2)15(21-4)14(11)20-3;/h5,7,10H,6,8-9,16H2,1-4H3,(H,17,18);1H/t10-;/m0./s1. The second-order valence-corrected chi connectivity index (χ2v) is 4.70. The van der Waals surface area contributed by atoms with Gasteiger partial charge >= 0.3 is 0 Å². The van der Waals surface area contributed by atoms with Crippen molar-refractivity contribution in [1.29, 1.82) is 0 Å². The molecule has 1 atom stereocenters. The predicted octanol–water partition coefficient (Wildman–Crippen LogP) is 1.53. The summed E-state index contributed by atoms with van der Waals surface area (Å²) < 4.78 is 15.9. The maximum Gasteiger partial charge on any atom is 0.220 e. The van der Waals surface area contributed by atoms with Crippen molar-refractivity contribution in [3.63, 3.8) is 0 Å². The van der Waals surface area contributed by atoms with E-state index < -0.39 is 0 Å². The molecule has 0 fully saturated rings. The molecule has 1 rings (SSSR count). The Labute approximate surface area is 137 Å². The Hall–Kier alpha value is -1.66. The molecule has 0 heterocycles. The van der Waals surface area contributed by atoms with E-state index in [1.165, 1.54) is 0 Å². The highest BCUT2D eigenvalue weighted by Gasteiger charge is 2.16. The number of amides is 1. The number of halogens is 1. The third kappa shape index (κ3) is 5.27. The van der Waals surface area contributed by atoms with E-state index in [9.17, 15) is 4.79 Å². The summed E-state index contributed by atoms with van der Waals surface area (Å²) in [6.45, 7) is 2.29. The van der Waals surface area contributed by atoms with Crippen LogP contribution in [0.2, 0.25) is 0 Å². The molecule has 0 unspecified atom stereocenters. The predicted molar refractivity (Wildman–Crippen MR) is 88.3 cm³/mol. The molecule has 0 radical (unpaired) electrons. The van der Waals surface area contributed by atoms with Crippen molar-refractivity contribution in [2.24, 2.45) is 5.73 Å². The molecule has 6 nitrogen and oxygen atoms in total. The van der Waals surface area contributed by atoms with Gasteiger partial charge in [-0.3, -0.25) is 4.79 Å². The summed E-state index contributed by atoms with van der Waals surface area (Å²) in [6.07, 6.45) is 0.906. The summed E-state index contributed by atoms with van der Waals surface area (Å²) in [7, 11) is 4.69. The number of rotatable bonds is 8. The lowest BCUT2D eigenvalue weighted by atomic mass is 10.1. The summed E-state index contributed by atoms with van der Waals surface area (Å²) >= 11 is 0. The van der Waals surface area contributed by atoms with Gasteiger partial charge in [0.2, 0.25) is 11.7 Å². The third-order valence-corrected chi connectivity index (χ3v) is 3.17. The number of aryl methyl sites for hydroxylation is 1. The maximum atomic E-state index is 11.8. The van der Waals surface area contributed by atoms with E-state index in [-0.39, 0.29) is 24.4 Å². The molecule has 126 valence electrons.